The highest BCUT2D eigenvalue weighted by Crippen LogP contribution is 2.50. The maximum atomic E-state index is 12.2. The lowest BCUT2D eigenvalue weighted by molar-refractivity contribution is -0.198. The van der Waals surface area contributed by atoms with Crippen molar-refractivity contribution in [2.45, 2.75) is 64.5 Å². The molecule has 136 valence electrons. The van der Waals surface area contributed by atoms with Crippen LogP contribution in [0.1, 0.15) is 52.9 Å². The molecule has 3 heterocycles. The molecule has 0 aromatic rings. The summed E-state index contributed by atoms with van der Waals surface area (Å²) in [5.74, 6) is 0. The molecule has 0 N–H and O–H groups in total. The fraction of sp³-hybridized carbons (Fsp3) is 0.947. The van der Waals surface area contributed by atoms with Crippen LogP contribution in [0.3, 0.4) is 0 Å². The van der Waals surface area contributed by atoms with Gasteiger partial charge in [0.2, 0.25) is 0 Å². The Labute approximate surface area is 145 Å². The van der Waals surface area contributed by atoms with Crippen molar-refractivity contribution in [3.8, 4) is 0 Å². The van der Waals surface area contributed by atoms with Gasteiger partial charge in [-0.1, -0.05) is 0 Å². The van der Waals surface area contributed by atoms with E-state index >= 15 is 0 Å². The zero-order chi connectivity index (χ0) is 17.0. The summed E-state index contributed by atoms with van der Waals surface area (Å²) in [4.78, 5) is 16.8. The van der Waals surface area contributed by atoms with E-state index in [1.54, 1.807) is 0 Å². The fourth-order valence-electron chi connectivity index (χ4n) is 5.08. The Morgan fingerprint density at radius 2 is 1.75 bits per heavy atom. The molecule has 0 radical (unpaired) electrons. The zero-order valence-corrected chi connectivity index (χ0v) is 15.5. The summed E-state index contributed by atoms with van der Waals surface area (Å²) in [6.07, 6.45) is 6.15. The van der Waals surface area contributed by atoms with Crippen molar-refractivity contribution in [3.05, 3.63) is 0 Å². The molecular formula is C19H32N2O3. The molecular weight excluding hydrogens is 304 g/mol. The van der Waals surface area contributed by atoms with Crippen LogP contribution < -0.4 is 0 Å². The van der Waals surface area contributed by atoms with E-state index in [1.165, 1.54) is 32.4 Å². The monoisotopic (exact) mass is 336 g/mol. The third kappa shape index (κ3) is 3.05. The standard InChI is InChI=1S/C19H32N2O3/c1-17(2,3)24-16(22)20-8-6-18(7-9-20)5-4-15(10-18)21-11-19(12-21)13-23-14-19/h15H,4-14H2,1-3H3. The van der Waals surface area contributed by atoms with Crippen LogP contribution >= 0.6 is 0 Å². The second-order valence-electron chi connectivity index (χ2n) is 9.76. The van der Waals surface area contributed by atoms with Gasteiger partial charge in [0.15, 0.2) is 0 Å². The zero-order valence-electron chi connectivity index (χ0n) is 15.5. The topological polar surface area (TPSA) is 42.0 Å². The molecule has 3 aliphatic heterocycles. The number of piperidine rings is 1. The van der Waals surface area contributed by atoms with E-state index in [1.807, 2.05) is 25.7 Å². The SMILES string of the molecule is CC(C)(C)OC(=O)N1CCC2(CCC(N3CC4(COC4)C3)C2)CC1. The Balaban J connectivity index is 1.26. The second kappa shape index (κ2) is 5.60. The van der Waals surface area contributed by atoms with Gasteiger partial charge in [0.25, 0.3) is 0 Å². The van der Waals surface area contributed by atoms with Crippen LogP contribution in [-0.4, -0.2) is 66.9 Å². The Kier molecular flexibility index (Phi) is 3.88. The van der Waals surface area contributed by atoms with E-state index in [0.717, 1.165) is 45.2 Å². The van der Waals surface area contributed by atoms with E-state index in [4.69, 9.17) is 9.47 Å². The molecule has 24 heavy (non-hydrogen) atoms. The first-order chi connectivity index (χ1) is 11.3. The molecule has 4 aliphatic rings. The largest absolute Gasteiger partial charge is 0.444 e. The minimum atomic E-state index is -0.399. The maximum Gasteiger partial charge on any atom is 0.410 e. The minimum Gasteiger partial charge on any atom is -0.444 e. The van der Waals surface area contributed by atoms with Gasteiger partial charge in [-0.3, -0.25) is 4.90 Å². The Hall–Kier alpha value is -0.810. The maximum absolute atomic E-state index is 12.2. The predicted octanol–water partition coefficient (Wildman–Crippen LogP) is 2.89. The summed E-state index contributed by atoms with van der Waals surface area (Å²) < 4.78 is 10.9. The molecule has 0 aromatic carbocycles. The number of hydrogen-bond donors (Lipinski definition) is 0. The van der Waals surface area contributed by atoms with E-state index < -0.39 is 5.60 Å². The molecule has 1 aliphatic carbocycles. The van der Waals surface area contributed by atoms with Gasteiger partial charge in [-0.25, -0.2) is 4.79 Å². The lowest BCUT2D eigenvalue weighted by Gasteiger charge is -2.57. The third-order valence-electron chi connectivity index (χ3n) is 6.56. The molecule has 5 nitrogen and oxygen atoms in total. The molecule has 0 aromatic heterocycles. The molecule has 1 amide bonds. The number of carbonyl (C=O) groups excluding carboxylic acids is 1. The van der Waals surface area contributed by atoms with Crippen LogP contribution in [0.5, 0.6) is 0 Å². The van der Waals surface area contributed by atoms with E-state index in [0.29, 0.717) is 10.8 Å². The molecule has 1 saturated carbocycles. The Bertz CT molecular complexity index is 493. The summed E-state index contributed by atoms with van der Waals surface area (Å²) in [7, 11) is 0. The summed E-state index contributed by atoms with van der Waals surface area (Å²) in [5.41, 5.74) is 0.598. The minimum absolute atomic E-state index is 0.137. The third-order valence-corrected chi connectivity index (χ3v) is 6.56. The summed E-state index contributed by atoms with van der Waals surface area (Å²) in [6, 6.07) is 0.768. The molecule has 4 fully saturated rings. The van der Waals surface area contributed by atoms with Crippen molar-refractivity contribution < 1.29 is 14.3 Å². The first-order valence-corrected chi connectivity index (χ1v) is 9.58. The van der Waals surface area contributed by atoms with Gasteiger partial charge in [0.05, 0.1) is 13.2 Å². The average molecular weight is 336 g/mol. The summed E-state index contributed by atoms with van der Waals surface area (Å²) in [6.45, 7) is 12.0. The normalized spacial score (nSPS) is 31.8. The number of rotatable bonds is 1. The van der Waals surface area contributed by atoms with Gasteiger partial charge in [0.1, 0.15) is 5.60 Å². The average Bonchev–Trinajstić information content (AvgIpc) is 2.78. The van der Waals surface area contributed by atoms with Crippen molar-refractivity contribution in [1.82, 2.24) is 9.80 Å². The first kappa shape index (κ1) is 16.6. The molecule has 2 spiro atoms. The number of nitrogens with zero attached hydrogens (tertiary/aromatic N) is 2. The van der Waals surface area contributed by atoms with Gasteiger partial charge in [-0.2, -0.15) is 0 Å². The van der Waals surface area contributed by atoms with Crippen LogP contribution in [0, 0.1) is 10.8 Å². The second-order valence-corrected chi connectivity index (χ2v) is 9.76. The Morgan fingerprint density at radius 1 is 1.08 bits per heavy atom. The first-order valence-electron chi connectivity index (χ1n) is 9.58. The van der Waals surface area contributed by atoms with E-state index in [-0.39, 0.29) is 6.09 Å². The molecule has 1 unspecified atom stereocenters. The molecule has 5 heteroatoms. The molecule has 0 bridgehead atoms. The van der Waals surface area contributed by atoms with Crippen molar-refractivity contribution in [2.75, 3.05) is 39.4 Å². The van der Waals surface area contributed by atoms with Gasteiger partial charge in [-0.15, -0.1) is 0 Å². The van der Waals surface area contributed by atoms with E-state index in [9.17, 15) is 4.79 Å². The van der Waals surface area contributed by atoms with Crippen LogP contribution in [0.4, 0.5) is 4.79 Å². The Morgan fingerprint density at radius 3 is 2.29 bits per heavy atom. The quantitative estimate of drug-likeness (QED) is 0.738. The van der Waals surface area contributed by atoms with Crippen LogP contribution in [0.25, 0.3) is 0 Å². The van der Waals surface area contributed by atoms with Gasteiger partial charge >= 0.3 is 6.09 Å². The van der Waals surface area contributed by atoms with Gasteiger partial charge in [-0.05, 0) is 58.3 Å². The van der Waals surface area contributed by atoms with Crippen LogP contribution in [-0.2, 0) is 9.47 Å². The van der Waals surface area contributed by atoms with Crippen molar-refractivity contribution in [3.63, 3.8) is 0 Å². The summed E-state index contributed by atoms with van der Waals surface area (Å²) >= 11 is 0. The molecule has 3 saturated heterocycles. The van der Waals surface area contributed by atoms with Gasteiger partial charge in [0, 0.05) is 37.6 Å². The highest BCUT2D eigenvalue weighted by molar-refractivity contribution is 5.68. The van der Waals surface area contributed by atoms with Crippen molar-refractivity contribution in [1.29, 1.82) is 0 Å². The highest BCUT2D eigenvalue weighted by Gasteiger charge is 2.53. The molecule has 4 rings (SSSR count). The fourth-order valence-corrected chi connectivity index (χ4v) is 5.08. The van der Waals surface area contributed by atoms with Gasteiger partial charge < -0.3 is 14.4 Å². The number of ether oxygens (including phenoxy) is 2. The number of hydrogen-bond acceptors (Lipinski definition) is 4. The lowest BCUT2D eigenvalue weighted by atomic mass is 9.75. The van der Waals surface area contributed by atoms with Crippen LogP contribution in [0.15, 0.2) is 0 Å². The van der Waals surface area contributed by atoms with Crippen molar-refractivity contribution in [2.24, 2.45) is 10.8 Å². The van der Waals surface area contributed by atoms with Crippen LogP contribution in [0.2, 0.25) is 0 Å². The van der Waals surface area contributed by atoms with E-state index in [2.05, 4.69) is 4.90 Å². The number of likely N-dealkylation sites (tertiary alicyclic amines) is 2. The number of amides is 1. The summed E-state index contributed by atoms with van der Waals surface area (Å²) in [5, 5.41) is 0. The predicted molar refractivity (Wildman–Crippen MR) is 91.9 cm³/mol. The number of carbonyl (C=O) groups is 1. The highest BCUT2D eigenvalue weighted by atomic mass is 16.6. The lowest BCUT2D eigenvalue weighted by Crippen LogP contribution is -2.67. The van der Waals surface area contributed by atoms with Crippen molar-refractivity contribution >= 4 is 6.09 Å². The smallest absolute Gasteiger partial charge is 0.410 e. The molecule has 1 atom stereocenters.